The normalized spacial score (nSPS) is 15.0. The van der Waals surface area contributed by atoms with E-state index in [1.54, 1.807) is 19.2 Å². The van der Waals surface area contributed by atoms with Gasteiger partial charge in [-0.25, -0.2) is 4.57 Å². The van der Waals surface area contributed by atoms with E-state index in [0.717, 1.165) is 0 Å². The van der Waals surface area contributed by atoms with Gasteiger partial charge in [-0.15, -0.1) is 0 Å². The first kappa shape index (κ1) is 12.9. The number of rotatable bonds is 1. The van der Waals surface area contributed by atoms with Gasteiger partial charge in [-0.3, -0.25) is 9.59 Å². The molecule has 2 aliphatic rings. The van der Waals surface area contributed by atoms with E-state index in [1.165, 1.54) is 4.57 Å². The molecule has 0 saturated heterocycles. The summed E-state index contributed by atoms with van der Waals surface area (Å²) in [4.78, 5) is 28.5. The summed E-state index contributed by atoms with van der Waals surface area (Å²) in [5.74, 6) is 1.30. The molecule has 0 aliphatic carbocycles. The molecule has 1 aromatic carbocycles. The fourth-order valence-electron chi connectivity index (χ4n) is 2.88. The number of hydrogen-bond donors (Lipinski definition) is 1. The summed E-state index contributed by atoms with van der Waals surface area (Å²) in [5.41, 5.74) is 1.23. The summed E-state index contributed by atoms with van der Waals surface area (Å²) in [5, 5.41) is 3.00. The fraction of sp³-hybridized carbons (Fsp3) is 0.267. The van der Waals surface area contributed by atoms with Gasteiger partial charge in [-0.1, -0.05) is 6.07 Å². The third kappa shape index (κ3) is 1.65. The Morgan fingerprint density at radius 1 is 1.36 bits per heavy atom. The molecule has 0 saturated carbocycles. The lowest BCUT2D eigenvalue weighted by atomic mass is 10.0. The average Bonchev–Trinajstić information content (AvgIpc) is 2.54. The van der Waals surface area contributed by atoms with Crippen molar-refractivity contribution in [2.24, 2.45) is 0 Å². The van der Waals surface area contributed by atoms with E-state index in [-0.39, 0.29) is 24.0 Å². The first-order valence-electron chi connectivity index (χ1n) is 6.94. The first-order valence-corrected chi connectivity index (χ1v) is 6.94. The van der Waals surface area contributed by atoms with Crippen molar-refractivity contribution in [3.05, 3.63) is 34.1 Å². The third-order valence-electron chi connectivity index (χ3n) is 3.87. The lowest BCUT2D eigenvalue weighted by Gasteiger charge is -2.27. The van der Waals surface area contributed by atoms with Crippen molar-refractivity contribution in [2.75, 3.05) is 19.0 Å². The highest BCUT2D eigenvalue weighted by atomic mass is 16.5. The minimum absolute atomic E-state index is 0.0715. The summed E-state index contributed by atoms with van der Waals surface area (Å²) >= 11 is 0. The van der Waals surface area contributed by atoms with Crippen molar-refractivity contribution in [1.29, 1.82) is 0 Å². The Balaban J connectivity index is 2.10. The maximum Gasteiger partial charge on any atom is 0.281 e. The highest BCUT2D eigenvalue weighted by Crippen LogP contribution is 2.43. The molecule has 2 aliphatic heterocycles. The van der Waals surface area contributed by atoms with E-state index in [9.17, 15) is 9.59 Å². The van der Waals surface area contributed by atoms with Crippen molar-refractivity contribution >= 4 is 11.9 Å². The predicted molar refractivity (Wildman–Crippen MR) is 78.6 cm³/mol. The molecule has 0 unspecified atom stereocenters. The molecule has 0 atom stereocenters. The zero-order valence-electron chi connectivity index (χ0n) is 11.9. The number of fused-ring (bicyclic) bond motifs is 5. The van der Waals surface area contributed by atoms with Gasteiger partial charge in [0.15, 0.2) is 11.5 Å². The van der Waals surface area contributed by atoms with Gasteiger partial charge in [0.25, 0.3) is 5.56 Å². The molecular formula is C15H13N3O4. The predicted octanol–water partition coefficient (Wildman–Crippen LogP) is 1.27. The first-order chi connectivity index (χ1) is 10.7. The topological polar surface area (TPSA) is 82.4 Å². The molecule has 4 rings (SSSR count). The fourth-order valence-corrected chi connectivity index (χ4v) is 2.88. The van der Waals surface area contributed by atoms with E-state index in [4.69, 9.17) is 9.47 Å². The zero-order valence-corrected chi connectivity index (χ0v) is 11.9. The van der Waals surface area contributed by atoms with Crippen LogP contribution < -0.4 is 20.3 Å². The van der Waals surface area contributed by atoms with Crippen LogP contribution in [0.2, 0.25) is 0 Å². The molecule has 7 heteroatoms. The lowest BCUT2D eigenvalue weighted by Crippen LogP contribution is -2.34. The van der Waals surface area contributed by atoms with Crippen LogP contribution in [0.5, 0.6) is 11.5 Å². The molecule has 3 heterocycles. The Bertz CT molecular complexity index is 857. The number of hydrogen-bond acceptors (Lipinski definition) is 6. The Labute approximate surface area is 125 Å². The van der Waals surface area contributed by atoms with Gasteiger partial charge in [0.1, 0.15) is 6.61 Å². The molecule has 1 aromatic heterocycles. The van der Waals surface area contributed by atoms with Gasteiger partial charge in [-0.2, -0.15) is 4.98 Å². The quantitative estimate of drug-likeness (QED) is 0.854. The molecule has 0 spiro atoms. The smallest absolute Gasteiger partial charge is 0.281 e. The lowest BCUT2D eigenvalue weighted by molar-refractivity contribution is 0.0901. The van der Waals surface area contributed by atoms with Crippen LogP contribution in [0.1, 0.15) is 16.8 Å². The van der Waals surface area contributed by atoms with Gasteiger partial charge in [0.05, 0.1) is 18.4 Å². The minimum Gasteiger partial charge on any atom is -0.493 e. The molecule has 1 N–H and O–H groups in total. The molecule has 0 radical (unpaired) electrons. The number of carbonyl (C=O) groups excluding carboxylic acids is 1. The molecular weight excluding hydrogens is 286 g/mol. The van der Waals surface area contributed by atoms with Crippen LogP contribution in [-0.2, 0) is 6.61 Å². The van der Waals surface area contributed by atoms with Crippen LogP contribution in [-0.4, -0.2) is 29.1 Å². The number of anilines is 1. The maximum absolute atomic E-state index is 12.3. The SMILES string of the molecule is COc1cccc2c1OCc1c-2n2c(nc1=O)NCCC2=O. The van der Waals surface area contributed by atoms with Crippen molar-refractivity contribution in [1.82, 2.24) is 9.55 Å². The number of ether oxygens (including phenoxy) is 2. The summed E-state index contributed by atoms with van der Waals surface area (Å²) < 4.78 is 12.4. The van der Waals surface area contributed by atoms with Crippen LogP contribution in [0, 0.1) is 0 Å². The van der Waals surface area contributed by atoms with Crippen LogP contribution in [0.4, 0.5) is 5.95 Å². The van der Waals surface area contributed by atoms with Crippen molar-refractivity contribution in [2.45, 2.75) is 13.0 Å². The second-order valence-corrected chi connectivity index (χ2v) is 5.10. The van der Waals surface area contributed by atoms with Gasteiger partial charge >= 0.3 is 0 Å². The van der Waals surface area contributed by atoms with Crippen LogP contribution in [0.15, 0.2) is 23.0 Å². The Morgan fingerprint density at radius 2 is 2.23 bits per heavy atom. The van der Waals surface area contributed by atoms with Gasteiger partial charge in [0, 0.05) is 18.5 Å². The minimum atomic E-state index is -0.378. The number of para-hydroxylation sites is 1. The van der Waals surface area contributed by atoms with Gasteiger partial charge < -0.3 is 14.8 Å². The van der Waals surface area contributed by atoms with E-state index >= 15 is 0 Å². The zero-order chi connectivity index (χ0) is 15.3. The van der Waals surface area contributed by atoms with E-state index in [2.05, 4.69) is 10.3 Å². The summed E-state index contributed by atoms with van der Waals surface area (Å²) in [6.45, 7) is 0.549. The third-order valence-corrected chi connectivity index (χ3v) is 3.87. The Hall–Kier alpha value is -2.83. The van der Waals surface area contributed by atoms with Crippen molar-refractivity contribution in [3.63, 3.8) is 0 Å². The van der Waals surface area contributed by atoms with Crippen molar-refractivity contribution < 1.29 is 14.3 Å². The second kappa shape index (κ2) is 4.59. The van der Waals surface area contributed by atoms with E-state index < -0.39 is 0 Å². The number of methoxy groups -OCH3 is 1. The Kier molecular flexibility index (Phi) is 2.69. The number of aromatic nitrogens is 2. The Morgan fingerprint density at radius 3 is 3.05 bits per heavy atom. The van der Waals surface area contributed by atoms with Crippen molar-refractivity contribution in [3.8, 4) is 22.8 Å². The molecule has 2 aromatic rings. The average molecular weight is 299 g/mol. The largest absolute Gasteiger partial charge is 0.493 e. The molecule has 112 valence electrons. The molecule has 22 heavy (non-hydrogen) atoms. The number of carbonyl (C=O) groups is 1. The summed E-state index contributed by atoms with van der Waals surface area (Å²) in [6, 6.07) is 5.39. The van der Waals surface area contributed by atoms with Crippen LogP contribution >= 0.6 is 0 Å². The number of nitrogens with one attached hydrogen (secondary N) is 1. The molecule has 0 bridgehead atoms. The summed E-state index contributed by atoms with van der Waals surface area (Å²) in [7, 11) is 1.55. The van der Waals surface area contributed by atoms with Gasteiger partial charge in [-0.05, 0) is 12.1 Å². The number of nitrogens with zero attached hydrogens (tertiary/aromatic N) is 2. The molecule has 0 amide bonds. The van der Waals surface area contributed by atoms with Crippen LogP contribution in [0.3, 0.4) is 0 Å². The second-order valence-electron chi connectivity index (χ2n) is 5.10. The monoisotopic (exact) mass is 299 g/mol. The maximum atomic E-state index is 12.3. The molecule has 0 fully saturated rings. The molecule has 7 nitrogen and oxygen atoms in total. The van der Waals surface area contributed by atoms with E-state index in [0.29, 0.717) is 41.3 Å². The van der Waals surface area contributed by atoms with Crippen LogP contribution in [0.25, 0.3) is 11.3 Å². The number of benzene rings is 1. The summed E-state index contributed by atoms with van der Waals surface area (Å²) in [6.07, 6.45) is 0.351. The standard InChI is InChI=1S/C15H13N3O4/c1-21-10-4-2-3-8-12-9(7-22-13(8)10)14(20)17-15-16-6-5-11(19)18(12)15/h2-4H,5-7H2,1H3,(H,16,17,20). The van der Waals surface area contributed by atoms with E-state index in [1.807, 2.05) is 6.07 Å². The highest BCUT2D eigenvalue weighted by Gasteiger charge is 2.31. The highest BCUT2D eigenvalue weighted by molar-refractivity contribution is 5.91. The van der Waals surface area contributed by atoms with Gasteiger partial charge in [0.2, 0.25) is 11.9 Å².